The molecule has 0 saturated heterocycles. The zero-order valence-corrected chi connectivity index (χ0v) is 14.8. The van der Waals surface area contributed by atoms with E-state index in [2.05, 4.69) is 11.4 Å². The molecule has 0 bridgehead atoms. The van der Waals surface area contributed by atoms with Gasteiger partial charge in [-0.05, 0) is 38.5 Å². The fourth-order valence-electron chi connectivity index (χ4n) is 1.90. The first-order valence-electron chi connectivity index (χ1n) is 7.85. The molecule has 0 amide bonds. The molecule has 128 valence electrons. The van der Waals surface area contributed by atoms with E-state index < -0.39 is 0 Å². The van der Waals surface area contributed by atoms with Crippen molar-refractivity contribution in [3.63, 3.8) is 0 Å². The predicted molar refractivity (Wildman–Crippen MR) is 92.9 cm³/mol. The number of anilines is 1. The average molecular weight is 339 g/mol. The summed E-state index contributed by atoms with van der Waals surface area (Å²) in [7, 11) is 0. The first-order chi connectivity index (χ1) is 11.1. The van der Waals surface area contributed by atoms with Crippen LogP contribution in [0.4, 0.5) is 5.69 Å². The van der Waals surface area contributed by atoms with Gasteiger partial charge in [-0.25, -0.2) is 0 Å². The van der Waals surface area contributed by atoms with Gasteiger partial charge in [-0.3, -0.25) is 9.59 Å². The summed E-state index contributed by atoms with van der Waals surface area (Å²) in [4.78, 5) is 23.8. The van der Waals surface area contributed by atoms with Crippen molar-refractivity contribution in [3.8, 4) is 0 Å². The molecule has 1 N–H and O–H groups in total. The third-order valence-corrected chi connectivity index (χ3v) is 4.01. The van der Waals surface area contributed by atoms with Crippen molar-refractivity contribution in [2.75, 3.05) is 30.8 Å². The summed E-state index contributed by atoms with van der Waals surface area (Å²) in [5, 5.41) is 3.26. The number of hydrogen-bond acceptors (Lipinski definition) is 6. The molecule has 0 aliphatic carbocycles. The van der Waals surface area contributed by atoms with Crippen molar-refractivity contribution in [1.29, 1.82) is 0 Å². The zero-order chi connectivity index (χ0) is 17.1. The van der Waals surface area contributed by atoms with Gasteiger partial charge in [0.1, 0.15) is 0 Å². The first-order valence-corrected chi connectivity index (χ1v) is 8.84. The van der Waals surface area contributed by atoms with Crippen molar-refractivity contribution in [3.05, 3.63) is 23.8 Å². The quantitative estimate of drug-likeness (QED) is 0.520. The van der Waals surface area contributed by atoms with Crippen LogP contribution in [-0.4, -0.2) is 37.4 Å². The molecule has 6 heteroatoms. The van der Waals surface area contributed by atoms with Crippen LogP contribution >= 0.6 is 11.8 Å². The number of hydrogen-bond donors (Lipinski definition) is 1. The Morgan fingerprint density at radius 1 is 1.09 bits per heavy atom. The number of esters is 2. The summed E-state index contributed by atoms with van der Waals surface area (Å²) < 4.78 is 9.84. The van der Waals surface area contributed by atoms with E-state index in [0.29, 0.717) is 38.4 Å². The van der Waals surface area contributed by atoms with Crippen molar-refractivity contribution < 1.29 is 19.1 Å². The molecule has 0 radical (unpaired) electrons. The second-order valence-electron chi connectivity index (χ2n) is 4.88. The molecule has 0 aromatic heterocycles. The van der Waals surface area contributed by atoms with Gasteiger partial charge in [-0.15, -0.1) is 11.8 Å². The Balaban J connectivity index is 2.52. The lowest BCUT2D eigenvalue weighted by Crippen LogP contribution is -2.11. The van der Waals surface area contributed by atoms with Crippen molar-refractivity contribution in [1.82, 2.24) is 0 Å². The van der Waals surface area contributed by atoms with Gasteiger partial charge in [0.05, 0.1) is 26.1 Å². The Hall–Kier alpha value is -1.69. The standard InChI is InChI=1S/C17H25NO4S/c1-4-21-16(19)8-10-18-14-7-6-13(3)12-15(14)23-11-9-17(20)22-5-2/h6-7,12,18H,4-5,8-11H2,1-3H3. The Labute approximate surface area is 142 Å². The second kappa shape index (κ2) is 10.9. The monoisotopic (exact) mass is 339 g/mol. The molecule has 0 unspecified atom stereocenters. The second-order valence-corrected chi connectivity index (χ2v) is 6.02. The van der Waals surface area contributed by atoms with Gasteiger partial charge in [0, 0.05) is 22.9 Å². The fraction of sp³-hybridized carbons (Fsp3) is 0.529. The maximum absolute atomic E-state index is 11.4. The first kappa shape index (κ1) is 19.4. The van der Waals surface area contributed by atoms with Crippen LogP contribution < -0.4 is 5.32 Å². The smallest absolute Gasteiger partial charge is 0.307 e. The third-order valence-electron chi connectivity index (χ3n) is 2.96. The lowest BCUT2D eigenvalue weighted by Gasteiger charge is -2.12. The number of carbonyl (C=O) groups is 2. The summed E-state index contributed by atoms with van der Waals surface area (Å²) in [6.07, 6.45) is 0.712. The van der Waals surface area contributed by atoms with Gasteiger partial charge in [-0.2, -0.15) is 0 Å². The molecule has 23 heavy (non-hydrogen) atoms. The number of thioether (sulfide) groups is 1. The molecule has 0 fully saturated rings. The molecule has 1 aromatic rings. The van der Waals surface area contributed by atoms with E-state index in [1.165, 1.54) is 0 Å². The van der Waals surface area contributed by atoms with Gasteiger partial charge >= 0.3 is 11.9 Å². The molecule has 0 aliphatic heterocycles. The molecule has 1 aromatic carbocycles. The van der Waals surface area contributed by atoms with Crippen LogP contribution in [0.15, 0.2) is 23.1 Å². The van der Waals surface area contributed by atoms with Crippen molar-refractivity contribution in [2.24, 2.45) is 0 Å². The molecule has 0 heterocycles. The normalized spacial score (nSPS) is 10.2. The number of ether oxygens (including phenoxy) is 2. The zero-order valence-electron chi connectivity index (χ0n) is 14.0. The topological polar surface area (TPSA) is 64.6 Å². The highest BCUT2D eigenvalue weighted by molar-refractivity contribution is 7.99. The maximum Gasteiger partial charge on any atom is 0.307 e. The highest BCUT2D eigenvalue weighted by Crippen LogP contribution is 2.29. The van der Waals surface area contributed by atoms with E-state index in [9.17, 15) is 9.59 Å². The molecular formula is C17H25NO4S. The molecule has 0 spiro atoms. The van der Waals surface area contributed by atoms with E-state index >= 15 is 0 Å². The summed E-state index contributed by atoms with van der Waals surface area (Å²) >= 11 is 1.60. The van der Waals surface area contributed by atoms with Crippen LogP contribution in [0.25, 0.3) is 0 Å². The van der Waals surface area contributed by atoms with Crippen molar-refractivity contribution in [2.45, 2.75) is 38.5 Å². The van der Waals surface area contributed by atoms with Gasteiger partial charge in [0.25, 0.3) is 0 Å². The van der Waals surface area contributed by atoms with Crippen LogP contribution in [0.5, 0.6) is 0 Å². The SMILES string of the molecule is CCOC(=O)CCNc1ccc(C)cc1SCCC(=O)OCC. The van der Waals surface area contributed by atoms with E-state index in [-0.39, 0.29) is 11.9 Å². The lowest BCUT2D eigenvalue weighted by molar-refractivity contribution is -0.143. The van der Waals surface area contributed by atoms with Crippen LogP contribution in [0.2, 0.25) is 0 Å². The fourth-order valence-corrected chi connectivity index (χ4v) is 2.96. The highest BCUT2D eigenvalue weighted by Gasteiger charge is 2.08. The summed E-state index contributed by atoms with van der Waals surface area (Å²) in [5.74, 6) is 0.280. The van der Waals surface area contributed by atoms with Crippen LogP contribution in [0.3, 0.4) is 0 Å². The molecular weight excluding hydrogens is 314 g/mol. The summed E-state index contributed by atoms with van der Waals surface area (Å²) in [6.45, 7) is 6.96. The van der Waals surface area contributed by atoms with E-state index in [1.807, 2.05) is 19.1 Å². The average Bonchev–Trinajstić information content (AvgIpc) is 2.50. The van der Waals surface area contributed by atoms with E-state index in [0.717, 1.165) is 16.1 Å². The largest absolute Gasteiger partial charge is 0.466 e. The van der Waals surface area contributed by atoms with Gasteiger partial charge in [0.2, 0.25) is 0 Å². The van der Waals surface area contributed by atoms with E-state index in [4.69, 9.17) is 9.47 Å². The van der Waals surface area contributed by atoms with Crippen molar-refractivity contribution >= 4 is 29.4 Å². The highest BCUT2D eigenvalue weighted by atomic mass is 32.2. The summed E-state index contributed by atoms with van der Waals surface area (Å²) in [5.41, 5.74) is 2.12. The Morgan fingerprint density at radius 3 is 2.39 bits per heavy atom. The minimum Gasteiger partial charge on any atom is -0.466 e. The third kappa shape index (κ3) is 7.93. The maximum atomic E-state index is 11.4. The Morgan fingerprint density at radius 2 is 1.74 bits per heavy atom. The minimum absolute atomic E-state index is 0.176. The number of carbonyl (C=O) groups excluding carboxylic acids is 2. The molecule has 5 nitrogen and oxygen atoms in total. The number of benzene rings is 1. The van der Waals surface area contributed by atoms with E-state index in [1.54, 1.807) is 25.6 Å². The molecule has 0 aliphatic rings. The number of rotatable bonds is 10. The van der Waals surface area contributed by atoms with Gasteiger partial charge < -0.3 is 14.8 Å². The van der Waals surface area contributed by atoms with Gasteiger partial charge in [0.15, 0.2) is 0 Å². The molecule has 0 atom stereocenters. The summed E-state index contributed by atoms with van der Waals surface area (Å²) in [6, 6.07) is 6.08. The number of aryl methyl sites for hydroxylation is 1. The molecule has 0 saturated carbocycles. The number of nitrogens with one attached hydrogen (secondary N) is 1. The van der Waals surface area contributed by atoms with Gasteiger partial charge in [-0.1, -0.05) is 6.07 Å². The minimum atomic E-state index is -0.205. The Bertz CT molecular complexity index is 519. The molecule has 1 rings (SSSR count). The van der Waals surface area contributed by atoms with Crippen LogP contribution in [-0.2, 0) is 19.1 Å². The lowest BCUT2D eigenvalue weighted by atomic mass is 10.2. The van der Waals surface area contributed by atoms with Crippen LogP contribution in [0, 0.1) is 6.92 Å². The van der Waals surface area contributed by atoms with Crippen LogP contribution in [0.1, 0.15) is 32.3 Å². The Kier molecular flexibility index (Phi) is 9.21. The predicted octanol–water partition coefficient (Wildman–Crippen LogP) is 3.41.